The van der Waals surface area contributed by atoms with Gasteiger partial charge in [0.1, 0.15) is 0 Å². The number of alkyl halides is 3. The Morgan fingerprint density at radius 1 is 0.955 bits per heavy atom. The van der Waals surface area contributed by atoms with Crippen molar-refractivity contribution in [3.63, 3.8) is 0 Å². The summed E-state index contributed by atoms with van der Waals surface area (Å²) in [7, 11) is 0. The molecule has 22 heavy (non-hydrogen) atoms. The van der Waals surface area contributed by atoms with Gasteiger partial charge in [-0.1, -0.05) is 0 Å². The Morgan fingerprint density at radius 2 is 1.50 bits per heavy atom. The number of halogens is 3. The molecule has 0 aromatic heterocycles. The van der Waals surface area contributed by atoms with Crippen LogP contribution in [-0.2, 0) is 4.79 Å². The first-order chi connectivity index (χ1) is 10.3. The molecule has 0 spiro atoms. The highest BCUT2D eigenvalue weighted by molar-refractivity contribution is 5.94. The van der Waals surface area contributed by atoms with Gasteiger partial charge in [0, 0.05) is 37.4 Å². The lowest BCUT2D eigenvalue weighted by molar-refractivity contribution is -0.185. The summed E-state index contributed by atoms with van der Waals surface area (Å²) in [5.74, 6) is -2.13. The van der Waals surface area contributed by atoms with Gasteiger partial charge in [-0.2, -0.15) is 13.2 Å². The molecule has 1 heterocycles. The zero-order chi connectivity index (χ0) is 16.3. The number of carbonyl (C=O) groups excluding carboxylic acids is 2. The molecule has 5 nitrogen and oxygen atoms in total. The molecule has 2 N–H and O–H groups in total. The van der Waals surface area contributed by atoms with Crippen molar-refractivity contribution in [2.45, 2.75) is 12.6 Å². The first-order valence-electron chi connectivity index (χ1n) is 6.80. The minimum absolute atomic E-state index is 0.0101. The second-order valence-corrected chi connectivity index (χ2v) is 5.06. The highest BCUT2D eigenvalue weighted by Gasteiger charge is 2.42. The van der Waals surface area contributed by atoms with Gasteiger partial charge in [-0.05, 0) is 30.7 Å². The minimum atomic E-state index is -4.88. The van der Waals surface area contributed by atoms with E-state index in [1.54, 1.807) is 24.3 Å². The van der Waals surface area contributed by atoms with Crippen molar-refractivity contribution in [2.75, 3.05) is 31.9 Å². The van der Waals surface area contributed by atoms with Crippen LogP contribution in [0.15, 0.2) is 24.3 Å². The van der Waals surface area contributed by atoms with Crippen LogP contribution in [0.4, 0.5) is 18.9 Å². The average Bonchev–Trinajstić information content (AvgIpc) is 2.71. The van der Waals surface area contributed by atoms with E-state index < -0.39 is 12.1 Å². The molecule has 2 amide bonds. The first-order valence-corrected chi connectivity index (χ1v) is 6.80. The van der Waals surface area contributed by atoms with E-state index >= 15 is 0 Å². The SMILES string of the molecule is Nc1ccc(C(=O)N2CCCN(C(=O)C(F)(F)F)CC2)cc1. The van der Waals surface area contributed by atoms with Crippen LogP contribution in [0.2, 0.25) is 0 Å². The standard InChI is InChI=1S/C14H16F3N3O2/c15-14(16,17)13(22)20-7-1-6-19(8-9-20)12(21)10-2-4-11(18)5-3-10/h2-5H,1,6-9,18H2. The Morgan fingerprint density at radius 3 is 2.09 bits per heavy atom. The third-order valence-electron chi connectivity index (χ3n) is 3.47. The fourth-order valence-electron chi connectivity index (χ4n) is 2.31. The van der Waals surface area contributed by atoms with Crippen LogP contribution in [0.3, 0.4) is 0 Å². The van der Waals surface area contributed by atoms with Crippen molar-refractivity contribution in [2.24, 2.45) is 0 Å². The van der Waals surface area contributed by atoms with E-state index in [1.807, 2.05) is 0 Å². The highest BCUT2D eigenvalue weighted by atomic mass is 19.4. The Balaban J connectivity index is 2.02. The fraction of sp³-hybridized carbons (Fsp3) is 0.429. The normalized spacial score (nSPS) is 16.3. The van der Waals surface area contributed by atoms with Crippen molar-refractivity contribution in [3.05, 3.63) is 29.8 Å². The number of rotatable bonds is 1. The van der Waals surface area contributed by atoms with Crippen LogP contribution in [0.25, 0.3) is 0 Å². The number of hydrogen-bond donors (Lipinski definition) is 1. The summed E-state index contributed by atoms with van der Waals surface area (Å²) in [6, 6.07) is 6.32. The molecule has 1 aliphatic heterocycles. The summed E-state index contributed by atoms with van der Waals surface area (Å²) in [6.45, 7) is 0.249. The lowest BCUT2D eigenvalue weighted by atomic mass is 10.2. The van der Waals surface area contributed by atoms with Gasteiger partial charge in [-0.15, -0.1) is 0 Å². The predicted molar refractivity (Wildman–Crippen MR) is 74.0 cm³/mol. The second-order valence-electron chi connectivity index (χ2n) is 5.06. The van der Waals surface area contributed by atoms with Gasteiger partial charge in [0.05, 0.1) is 0 Å². The molecule has 120 valence electrons. The topological polar surface area (TPSA) is 66.6 Å². The van der Waals surface area contributed by atoms with E-state index in [0.29, 0.717) is 24.2 Å². The maximum atomic E-state index is 12.4. The number of nitrogen functional groups attached to an aromatic ring is 1. The van der Waals surface area contributed by atoms with Crippen molar-refractivity contribution in [1.29, 1.82) is 0 Å². The summed E-state index contributed by atoms with van der Waals surface area (Å²) >= 11 is 0. The van der Waals surface area contributed by atoms with E-state index in [2.05, 4.69) is 0 Å². The third-order valence-corrected chi connectivity index (χ3v) is 3.47. The summed E-state index contributed by atoms with van der Waals surface area (Å²) in [6.07, 6.45) is -4.57. The van der Waals surface area contributed by atoms with Crippen LogP contribution in [-0.4, -0.2) is 54.0 Å². The number of benzene rings is 1. The highest BCUT2D eigenvalue weighted by Crippen LogP contribution is 2.20. The van der Waals surface area contributed by atoms with Crippen LogP contribution in [0.1, 0.15) is 16.8 Å². The number of carbonyl (C=O) groups is 2. The molecule has 1 aliphatic rings. The molecular weight excluding hydrogens is 299 g/mol. The molecule has 1 aromatic rings. The quantitative estimate of drug-likeness (QED) is 0.799. The zero-order valence-electron chi connectivity index (χ0n) is 11.8. The Bertz CT molecular complexity index is 557. The van der Waals surface area contributed by atoms with Crippen molar-refractivity contribution in [3.8, 4) is 0 Å². The number of nitrogens with zero attached hydrogens (tertiary/aromatic N) is 2. The van der Waals surface area contributed by atoms with Crippen LogP contribution >= 0.6 is 0 Å². The van der Waals surface area contributed by atoms with E-state index in [-0.39, 0.29) is 25.5 Å². The van der Waals surface area contributed by atoms with Gasteiger partial charge in [-0.25, -0.2) is 0 Å². The number of nitrogens with two attached hydrogens (primary N) is 1. The van der Waals surface area contributed by atoms with Crippen LogP contribution in [0, 0.1) is 0 Å². The molecular formula is C14H16F3N3O2. The van der Waals surface area contributed by atoms with Gasteiger partial charge in [0.25, 0.3) is 5.91 Å². The fourth-order valence-corrected chi connectivity index (χ4v) is 2.31. The molecule has 0 radical (unpaired) electrons. The molecule has 0 atom stereocenters. The van der Waals surface area contributed by atoms with Crippen LogP contribution < -0.4 is 5.73 Å². The third kappa shape index (κ3) is 3.69. The van der Waals surface area contributed by atoms with Crippen molar-refractivity contribution < 1.29 is 22.8 Å². The molecule has 1 fully saturated rings. The van der Waals surface area contributed by atoms with E-state index in [0.717, 1.165) is 4.90 Å². The molecule has 1 saturated heterocycles. The number of amides is 2. The smallest absolute Gasteiger partial charge is 0.399 e. The average molecular weight is 315 g/mol. The lowest BCUT2D eigenvalue weighted by Gasteiger charge is -2.23. The zero-order valence-corrected chi connectivity index (χ0v) is 11.8. The maximum Gasteiger partial charge on any atom is 0.471 e. The monoisotopic (exact) mass is 315 g/mol. The van der Waals surface area contributed by atoms with E-state index in [4.69, 9.17) is 5.73 Å². The second kappa shape index (κ2) is 6.25. The predicted octanol–water partition coefficient (Wildman–Crippen LogP) is 1.51. The molecule has 1 aromatic carbocycles. The molecule has 0 saturated carbocycles. The molecule has 2 rings (SSSR count). The van der Waals surface area contributed by atoms with Crippen LogP contribution in [0.5, 0.6) is 0 Å². The summed E-state index contributed by atoms with van der Waals surface area (Å²) < 4.78 is 37.3. The minimum Gasteiger partial charge on any atom is -0.399 e. The number of anilines is 1. The van der Waals surface area contributed by atoms with Gasteiger partial charge in [0.2, 0.25) is 0 Å². The lowest BCUT2D eigenvalue weighted by Crippen LogP contribution is -2.43. The Hall–Kier alpha value is -2.25. The number of hydrogen-bond acceptors (Lipinski definition) is 3. The summed E-state index contributed by atoms with van der Waals surface area (Å²) in [5.41, 5.74) is 6.49. The van der Waals surface area contributed by atoms with Gasteiger partial charge in [-0.3, -0.25) is 9.59 Å². The van der Waals surface area contributed by atoms with Crippen molar-refractivity contribution >= 4 is 17.5 Å². The largest absolute Gasteiger partial charge is 0.471 e. The van der Waals surface area contributed by atoms with E-state index in [9.17, 15) is 22.8 Å². The van der Waals surface area contributed by atoms with E-state index in [1.165, 1.54) is 4.90 Å². The van der Waals surface area contributed by atoms with Gasteiger partial charge >= 0.3 is 12.1 Å². The van der Waals surface area contributed by atoms with Crippen molar-refractivity contribution in [1.82, 2.24) is 9.80 Å². The van der Waals surface area contributed by atoms with Gasteiger partial charge in [0.15, 0.2) is 0 Å². The first kappa shape index (κ1) is 16.1. The summed E-state index contributed by atoms with van der Waals surface area (Å²) in [4.78, 5) is 25.7. The molecule has 0 unspecified atom stereocenters. The van der Waals surface area contributed by atoms with Gasteiger partial charge < -0.3 is 15.5 Å². The molecule has 8 heteroatoms. The summed E-state index contributed by atoms with van der Waals surface area (Å²) in [5, 5.41) is 0. The maximum absolute atomic E-state index is 12.4. The molecule has 0 bridgehead atoms. The molecule has 0 aliphatic carbocycles. The Labute approximate surface area is 125 Å². The Kier molecular flexibility index (Phi) is 4.58.